The maximum atomic E-state index is 13.5. The van der Waals surface area contributed by atoms with E-state index in [1.807, 2.05) is 19.2 Å². The number of carbonyl (C=O) groups is 1. The average Bonchev–Trinajstić information content (AvgIpc) is 3.70. The number of anilines is 4. The highest BCUT2D eigenvalue weighted by Crippen LogP contribution is 2.35. The number of aryl methyl sites for hydroxylation is 1. The number of rotatable bonds is 6. The van der Waals surface area contributed by atoms with Gasteiger partial charge in [0.15, 0.2) is 5.82 Å². The molecular formula is C27H34N8O. The van der Waals surface area contributed by atoms with E-state index in [2.05, 4.69) is 31.5 Å². The number of fused-ring (bicyclic) bond motifs is 1. The molecule has 0 aromatic carbocycles. The molecule has 2 N–H and O–H groups in total. The molecule has 36 heavy (non-hydrogen) atoms. The van der Waals surface area contributed by atoms with E-state index >= 15 is 0 Å². The first-order valence-corrected chi connectivity index (χ1v) is 13.3. The molecule has 1 atom stereocenters. The van der Waals surface area contributed by atoms with Gasteiger partial charge in [-0.2, -0.15) is 10.1 Å². The van der Waals surface area contributed by atoms with Gasteiger partial charge in [-0.3, -0.25) is 14.9 Å². The van der Waals surface area contributed by atoms with Crippen LogP contribution in [0.4, 0.5) is 23.3 Å². The van der Waals surface area contributed by atoms with Gasteiger partial charge in [0.25, 0.3) is 0 Å². The van der Waals surface area contributed by atoms with Crippen molar-refractivity contribution in [2.75, 3.05) is 28.7 Å². The van der Waals surface area contributed by atoms with Crippen molar-refractivity contribution in [3.05, 3.63) is 47.5 Å². The average molecular weight is 487 g/mol. The van der Waals surface area contributed by atoms with Crippen LogP contribution in [0.25, 0.3) is 0 Å². The number of carbonyl (C=O) groups excluding carboxylic acids is 1. The van der Waals surface area contributed by atoms with Gasteiger partial charge in [0.2, 0.25) is 11.9 Å². The van der Waals surface area contributed by atoms with Gasteiger partial charge in [-0.25, -0.2) is 4.98 Å². The minimum Gasteiger partial charge on any atom is -0.329 e. The number of aromatic nitrogens is 5. The van der Waals surface area contributed by atoms with Crippen LogP contribution in [0.3, 0.4) is 0 Å². The largest absolute Gasteiger partial charge is 0.329 e. The van der Waals surface area contributed by atoms with E-state index < -0.39 is 0 Å². The Balaban J connectivity index is 1.25. The summed E-state index contributed by atoms with van der Waals surface area (Å²) in [5, 5.41) is 11.3. The van der Waals surface area contributed by atoms with Crippen molar-refractivity contribution < 1.29 is 4.79 Å². The van der Waals surface area contributed by atoms with E-state index in [9.17, 15) is 4.79 Å². The number of nitrogens with one attached hydrogen (secondary N) is 2. The number of pyridine rings is 1. The molecule has 1 amide bonds. The lowest BCUT2D eigenvalue weighted by atomic mass is 9.87. The summed E-state index contributed by atoms with van der Waals surface area (Å²) in [6.45, 7) is 0.768. The molecule has 0 radical (unpaired) electrons. The smallest absolute Gasteiger partial charge is 0.249 e. The summed E-state index contributed by atoms with van der Waals surface area (Å²) in [5.74, 6) is 2.88. The van der Waals surface area contributed by atoms with E-state index in [-0.39, 0.29) is 11.9 Å². The standard InChI is InChI=1S/C27H34N8O/c1-34(19-10-6-14-28-17-19)26(36)23-13-7-15-35(23)27-29-21-12-5-11-20(21)25(31-27)30-24-16-22(32-33-24)18-8-3-2-4-9-18/h6,10,14,16-18,23H,2-5,7-9,11-13,15H2,1H3,(H2,29,30,31,32,33)/t23-/m1/s1. The van der Waals surface area contributed by atoms with Crippen LogP contribution in [0.15, 0.2) is 30.6 Å². The van der Waals surface area contributed by atoms with E-state index in [0.29, 0.717) is 11.9 Å². The van der Waals surface area contributed by atoms with Crippen LogP contribution >= 0.6 is 0 Å². The van der Waals surface area contributed by atoms with Crippen LogP contribution in [0.2, 0.25) is 0 Å². The Kier molecular flexibility index (Phi) is 6.29. The van der Waals surface area contributed by atoms with Crippen molar-refractivity contribution in [2.24, 2.45) is 0 Å². The van der Waals surface area contributed by atoms with E-state index in [0.717, 1.165) is 61.7 Å². The Morgan fingerprint density at radius 2 is 2.00 bits per heavy atom. The molecule has 0 bridgehead atoms. The van der Waals surface area contributed by atoms with Crippen LogP contribution in [0.5, 0.6) is 0 Å². The fourth-order valence-corrected chi connectivity index (χ4v) is 5.96. The fourth-order valence-electron chi connectivity index (χ4n) is 5.96. The molecule has 3 aromatic heterocycles. The first-order chi connectivity index (χ1) is 17.7. The second-order valence-electron chi connectivity index (χ2n) is 10.3. The maximum Gasteiger partial charge on any atom is 0.249 e. The van der Waals surface area contributed by atoms with Crippen LogP contribution in [-0.2, 0) is 17.6 Å². The molecule has 1 aliphatic heterocycles. The quantitative estimate of drug-likeness (QED) is 0.528. The van der Waals surface area contributed by atoms with Gasteiger partial charge < -0.3 is 15.1 Å². The SMILES string of the molecule is CN(C(=O)[C@H]1CCCN1c1nc2c(c(Nc3cc(C4CCCCC4)[nH]n3)n1)CCC2)c1cccnc1. The van der Waals surface area contributed by atoms with Gasteiger partial charge in [0.1, 0.15) is 11.9 Å². The zero-order valence-electron chi connectivity index (χ0n) is 20.9. The summed E-state index contributed by atoms with van der Waals surface area (Å²) < 4.78 is 0. The molecule has 3 aliphatic rings. The molecule has 9 nitrogen and oxygen atoms in total. The van der Waals surface area contributed by atoms with Crippen LogP contribution in [0.1, 0.15) is 74.2 Å². The van der Waals surface area contributed by atoms with Crippen molar-refractivity contribution in [1.82, 2.24) is 25.1 Å². The molecule has 6 rings (SSSR count). The molecule has 9 heteroatoms. The number of nitrogens with zero attached hydrogens (tertiary/aromatic N) is 6. The molecule has 0 unspecified atom stereocenters. The maximum absolute atomic E-state index is 13.5. The van der Waals surface area contributed by atoms with E-state index in [1.54, 1.807) is 17.3 Å². The summed E-state index contributed by atoms with van der Waals surface area (Å²) >= 11 is 0. The van der Waals surface area contributed by atoms with Crippen molar-refractivity contribution >= 4 is 29.2 Å². The first-order valence-electron chi connectivity index (χ1n) is 13.3. The second-order valence-corrected chi connectivity index (χ2v) is 10.3. The molecule has 4 heterocycles. The Morgan fingerprint density at radius 1 is 1.11 bits per heavy atom. The molecule has 0 spiro atoms. The van der Waals surface area contributed by atoms with Crippen molar-refractivity contribution in [1.29, 1.82) is 0 Å². The zero-order chi connectivity index (χ0) is 24.5. The van der Waals surface area contributed by atoms with Gasteiger partial charge >= 0.3 is 0 Å². The molecule has 2 aliphatic carbocycles. The minimum atomic E-state index is -0.286. The summed E-state index contributed by atoms with van der Waals surface area (Å²) in [5.41, 5.74) is 4.27. The van der Waals surface area contributed by atoms with Gasteiger partial charge in [-0.15, -0.1) is 0 Å². The third-order valence-corrected chi connectivity index (χ3v) is 7.97. The lowest BCUT2D eigenvalue weighted by Crippen LogP contribution is -2.45. The zero-order valence-corrected chi connectivity index (χ0v) is 20.9. The third-order valence-electron chi connectivity index (χ3n) is 7.97. The predicted molar refractivity (Wildman–Crippen MR) is 140 cm³/mol. The fraction of sp³-hybridized carbons (Fsp3) is 0.519. The van der Waals surface area contributed by atoms with Gasteiger partial charge in [-0.1, -0.05) is 19.3 Å². The second kappa shape index (κ2) is 9.87. The van der Waals surface area contributed by atoms with Gasteiger partial charge in [0.05, 0.1) is 17.6 Å². The Morgan fingerprint density at radius 3 is 2.83 bits per heavy atom. The molecule has 3 aromatic rings. The molecular weight excluding hydrogens is 452 g/mol. The van der Waals surface area contributed by atoms with Crippen LogP contribution < -0.4 is 15.1 Å². The molecule has 1 saturated carbocycles. The van der Waals surface area contributed by atoms with Gasteiger partial charge in [0, 0.05) is 43.0 Å². The highest BCUT2D eigenvalue weighted by Gasteiger charge is 2.36. The lowest BCUT2D eigenvalue weighted by Gasteiger charge is -2.28. The molecule has 188 valence electrons. The number of H-pyrrole nitrogens is 1. The van der Waals surface area contributed by atoms with Crippen LogP contribution in [0, 0.1) is 0 Å². The van der Waals surface area contributed by atoms with Crippen molar-refractivity contribution in [3.8, 4) is 0 Å². The number of hydrogen-bond acceptors (Lipinski definition) is 7. The Bertz CT molecular complexity index is 1220. The lowest BCUT2D eigenvalue weighted by molar-refractivity contribution is -0.119. The topological polar surface area (TPSA) is 103 Å². The number of amides is 1. The number of aromatic amines is 1. The van der Waals surface area contributed by atoms with Crippen molar-refractivity contribution in [3.63, 3.8) is 0 Å². The van der Waals surface area contributed by atoms with E-state index in [4.69, 9.17) is 9.97 Å². The minimum absolute atomic E-state index is 0.0449. The Labute approximate surface area is 211 Å². The number of likely N-dealkylation sites (N-methyl/N-ethyl adjacent to an activating group) is 1. The molecule has 2 fully saturated rings. The van der Waals surface area contributed by atoms with Gasteiger partial charge in [-0.05, 0) is 57.1 Å². The monoisotopic (exact) mass is 486 g/mol. The highest BCUT2D eigenvalue weighted by molar-refractivity contribution is 5.98. The third kappa shape index (κ3) is 4.42. The molecule has 1 saturated heterocycles. The summed E-state index contributed by atoms with van der Waals surface area (Å²) in [6, 6.07) is 5.61. The van der Waals surface area contributed by atoms with Crippen molar-refractivity contribution in [2.45, 2.75) is 76.2 Å². The first kappa shape index (κ1) is 22.9. The highest BCUT2D eigenvalue weighted by atomic mass is 16.2. The Hall–Kier alpha value is -3.49. The van der Waals surface area contributed by atoms with E-state index in [1.165, 1.54) is 43.4 Å². The normalized spacial score (nSPS) is 19.9. The summed E-state index contributed by atoms with van der Waals surface area (Å²) in [4.78, 5) is 31.3. The summed E-state index contributed by atoms with van der Waals surface area (Å²) in [7, 11) is 1.81. The van der Waals surface area contributed by atoms with Crippen LogP contribution in [-0.4, -0.2) is 50.7 Å². The predicted octanol–water partition coefficient (Wildman–Crippen LogP) is 4.51. The summed E-state index contributed by atoms with van der Waals surface area (Å²) in [6.07, 6.45) is 14.5. The number of hydrogen-bond donors (Lipinski definition) is 2.